The number of hydrogen-bond acceptors (Lipinski definition) is 6. The summed E-state index contributed by atoms with van der Waals surface area (Å²) in [6.45, 7) is 7.03. The van der Waals surface area contributed by atoms with Gasteiger partial charge in [0.05, 0.1) is 19.1 Å². The van der Waals surface area contributed by atoms with Crippen molar-refractivity contribution < 1.29 is 19.1 Å². The summed E-state index contributed by atoms with van der Waals surface area (Å²) in [6.07, 6.45) is 0.745. The lowest BCUT2D eigenvalue weighted by Gasteiger charge is -2.35. The Balaban J connectivity index is 1.67. The molecule has 0 N–H and O–H groups in total. The van der Waals surface area contributed by atoms with E-state index in [0.717, 1.165) is 16.3 Å². The predicted octanol–water partition coefficient (Wildman–Crippen LogP) is 3.87. The zero-order valence-electron chi connectivity index (χ0n) is 16.7. The predicted molar refractivity (Wildman–Crippen MR) is 109 cm³/mol. The van der Waals surface area contributed by atoms with Gasteiger partial charge in [0.25, 0.3) is 5.91 Å². The van der Waals surface area contributed by atoms with E-state index >= 15 is 0 Å². The molecule has 1 aromatic heterocycles. The molecular weight excluding hydrogens is 376 g/mol. The van der Waals surface area contributed by atoms with Crippen LogP contribution in [0.25, 0.3) is 10.6 Å². The maximum atomic E-state index is 12.8. The Kier molecular flexibility index (Phi) is 6.34. The fraction of sp³-hybridized carbons (Fsp3) is 0.476. The average molecular weight is 403 g/mol. The van der Waals surface area contributed by atoms with Gasteiger partial charge in [-0.1, -0.05) is 6.92 Å². The zero-order valence-corrected chi connectivity index (χ0v) is 17.5. The van der Waals surface area contributed by atoms with Crippen LogP contribution in [0.1, 0.15) is 37.7 Å². The van der Waals surface area contributed by atoms with Crippen molar-refractivity contribution in [2.24, 2.45) is 11.8 Å². The molecular formula is C21H26N2O4S. The molecule has 7 heteroatoms. The van der Waals surface area contributed by atoms with Crippen molar-refractivity contribution in [1.82, 2.24) is 9.88 Å². The lowest BCUT2D eigenvalue weighted by Crippen LogP contribution is -2.45. The van der Waals surface area contributed by atoms with Gasteiger partial charge in [-0.05, 0) is 50.5 Å². The van der Waals surface area contributed by atoms with Crippen molar-refractivity contribution in [1.29, 1.82) is 0 Å². The maximum Gasteiger partial charge on any atom is 0.309 e. The number of thiazole rings is 1. The van der Waals surface area contributed by atoms with Gasteiger partial charge in [-0.25, -0.2) is 4.98 Å². The van der Waals surface area contributed by atoms with E-state index in [1.807, 2.05) is 45.0 Å². The summed E-state index contributed by atoms with van der Waals surface area (Å²) < 4.78 is 10.5. The number of rotatable bonds is 5. The van der Waals surface area contributed by atoms with Crippen molar-refractivity contribution >= 4 is 23.2 Å². The van der Waals surface area contributed by atoms with E-state index in [-0.39, 0.29) is 29.8 Å². The van der Waals surface area contributed by atoms with Crippen LogP contribution in [0.2, 0.25) is 0 Å². The Labute approximate surface area is 169 Å². The Bertz CT molecular complexity index is 831. The summed E-state index contributed by atoms with van der Waals surface area (Å²) in [6, 6.07) is 7.73. The second kappa shape index (κ2) is 8.73. The SMILES string of the molecule is COC(=O)[C@@H]1CCN(C(=O)c2csc(-c3ccc(OC(C)C)cc3)n2)C[C@@H]1C. The minimum atomic E-state index is -0.194. The quantitative estimate of drug-likeness (QED) is 0.710. The number of methoxy groups -OCH3 is 1. The van der Waals surface area contributed by atoms with Crippen LogP contribution in [0.3, 0.4) is 0 Å². The summed E-state index contributed by atoms with van der Waals surface area (Å²) in [5, 5.41) is 2.60. The van der Waals surface area contributed by atoms with Crippen LogP contribution < -0.4 is 4.74 Å². The number of likely N-dealkylation sites (tertiary alicyclic amines) is 1. The van der Waals surface area contributed by atoms with Gasteiger partial charge >= 0.3 is 5.97 Å². The van der Waals surface area contributed by atoms with E-state index in [2.05, 4.69) is 4.98 Å². The molecule has 0 bridgehead atoms. The molecule has 3 rings (SSSR count). The van der Waals surface area contributed by atoms with E-state index in [4.69, 9.17) is 9.47 Å². The largest absolute Gasteiger partial charge is 0.491 e. The summed E-state index contributed by atoms with van der Waals surface area (Å²) in [7, 11) is 1.41. The van der Waals surface area contributed by atoms with E-state index in [0.29, 0.717) is 25.2 Å². The van der Waals surface area contributed by atoms with Crippen molar-refractivity contribution in [3.8, 4) is 16.3 Å². The highest BCUT2D eigenvalue weighted by Crippen LogP contribution is 2.29. The number of benzene rings is 1. The minimum Gasteiger partial charge on any atom is -0.491 e. The summed E-state index contributed by atoms with van der Waals surface area (Å²) >= 11 is 1.45. The van der Waals surface area contributed by atoms with Gasteiger partial charge in [-0.15, -0.1) is 11.3 Å². The summed E-state index contributed by atoms with van der Waals surface area (Å²) in [5.41, 5.74) is 1.41. The first-order valence-electron chi connectivity index (χ1n) is 9.48. The van der Waals surface area contributed by atoms with Gasteiger partial charge in [-0.3, -0.25) is 9.59 Å². The van der Waals surface area contributed by atoms with Crippen LogP contribution >= 0.6 is 11.3 Å². The Morgan fingerprint density at radius 2 is 1.96 bits per heavy atom. The molecule has 0 saturated carbocycles. The maximum absolute atomic E-state index is 12.8. The van der Waals surface area contributed by atoms with Crippen molar-refractivity contribution in [2.45, 2.75) is 33.3 Å². The lowest BCUT2D eigenvalue weighted by molar-refractivity contribution is -0.148. The zero-order chi connectivity index (χ0) is 20.3. The standard InChI is InChI=1S/C21H26N2O4S/c1-13(2)27-16-7-5-15(6-8-16)19-22-18(12-28-19)20(24)23-10-9-17(14(3)11-23)21(25)26-4/h5-8,12-14,17H,9-11H2,1-4H3/t14-,17+/m0/s1. The van der Waals surface area contributed by atoms with Gasteiger partial charge in [-0.2, -0.15) is 0 Å². The highest BCUT2D eigenvalue weighted by molar-refractivity contribution is 7.13. The molecule has 1 aromatic carbocycles. The first-order chi connectivity index (χ1) is 13.4. The van der Waals surface area contributed by atoms with Crippen molar-refractivity contribution in [2.75, 3.05) is 20.2 Å². The molecule has 1 fully saturated rings. The Morgan fingerprint density at radius 1 is 1.25 bits per heavy atom. The summed E-state index contributed by atoms with van der Waals surface area (Å²) in [5.74, 6) is 0.454. The van der Waals surface area contributed by atoms with Crippen LogP contribution in [0.4, 0.5) is 0 Å². The number of amides is 1. The molecule has 1 amide bonds. The molecule has 1 saturated heterocycles. The van der Waals surface area contributed by atoms with Crippen molar-refractivity contribution in [3.63, 3.8) is 0 Å². The van der Waals surface area contributed by atoms with Crippen LogP contribution in [0.5, 0.6) is 5.75 Å². The number of esters is 1. The molecule has 1 aliphatic heterocycles. The molecule has 2 aromatic rings. The molecule has 0 spiro atoms. The number of nitrogens with zero attached hydrogens (tertiary/aromatic N) is 2. The number of ether oxygens (including phenoxy) is 2. The molecule has 150 valence electrons. The fourth-order valence-electron chi connectivity index (χ4n) is 3.45. The third kappa shape index (κ3) is 4.52. The second-order valence-corrected chi connectivity index (χ2v) is 8.23. The van der Waals surface area contributed by atoms with Gasteiger partial charge in [0.2, 0.25) is 0 Å². The van der Waals surface area contributed by atoms with Gasteiger partial charge < -0.3 is 14.4 Å². The Hall–Kier alpha value is -2.41. The van der Waals surface area contributed by atoms with Crippen molar-refractivity contribution in [3.05, 3.63) is 35.3 Å². The molecule has 1 aliphatic rings. The number of hydrogen-bond donors (Lipinski definition) is 0. The Morgan fingerprint density at radius 3 is 2.57 bits per heavy atom. The van der Waals surface area contributed by atoms with Crippen LogP contribution in [0.15, 0.2) is 29.6 Å². The summed E-state index contributed by atoms with van der Waals surface area (Å²) in [4.78, 5) is 31.0. The first-order valence-corrected chi connectivity index (χ1v) is 10.4. The number of carbonyl (C=O) groups excluding carboxylic acids is 2. The van der Waals surface area contributed by atoms with Crippen LogP contribution in [0, 0.1) is 11.8 Å². The molecule has 2 heterocycles. The number of carbonyl (C=O) groups is 2. The number of piperidine rings is 1. The van der Waals surface area contributed by atoms with Crippen LogP contribution in [-0.2, 0) is 9.53 Å². The molecule has 28 heavy (non-hydrogen) atoms. The minimum absolute atomic E-state index is 0.0664. The molecule has 0 aliphatic carbocycles. The van der Waals surface area contributed by atoms with E-state index < -0.39 is 0 Å². The smallest absolute Gasteiger partial charge is 0.309 e. The average Bonchev–Trinajstić information content (AvgIpc) is 3.17. The first kappa shape index (κ1) is 20.3. The molecule has 6 nitrogen and oxygen atoms in total. The molecule has 2 atom stereocenters. The van der Waals surface area contributed by atoms with E-state index in [1.54, 1.807) is 10.3 Å². The van der Waals surface area contributed by atoms with Gasteiger partial charge in [0.15, 0.2) is 0 Å². The number of aromatic nitrogens is 1. The fourth-order valence-corrected chi connectivity index (χ4v) is 4.25. The van der Waals surface area contributed by atoms with Gasteiger partial charge in [0.1, 0.15) is 16.5 Å². The highest BCUT2D eigenvalue weighted by atomic mass is 32.1. The van der Waals surface area contributed by atoms with E-state index in [1.165, 1.54) is 18.4 Å². The van der Waals surface area contributed by atoms with Crippen LogP contribution in [-0.4, -0.2) is 48.1 Å². The molecule has 0 radical (unpaired) electrons. The highest BCUT2D eigenvalue weighted by Gasteiger charge is 2.34. The lowest BCUT2D eigenvalue weighted by atomic mass is 9.87. The topological polar surface area (TPSA) is 68.7 Å². The monoisotopic (exact) mass is 402 g/mol. The third-order valence-electron chi connectivity index (χ3n) is 4.89. The normalized spacial score (nSPS) is 19.5. The van der Waals surface area contributed by atoms with E-state index in [9.17, 15) is 9.59 Å². The van der Waals surface area contributed by atoms with Gasteiger partial charge in [0, 0.05) is 24.0 Å². The second-order valence-electron chi connectivity index (χ2n) is 7.38. The molecule has 0 unspecified atom stereocenters. The third-order valence-corrected chi connectivity index (χ3v) is 5.78.